The first-order valence-electron chi connectivity index (χ1n) is 6.47. The van der Waals surface area contributed by atoms with Gasteiger partial charge in [0.1, 0.15) is 5.65 Å². The van der Waals surface area contributed by atoms with Crippen LogP contribution in [0.5, 0.6) is 0 Å². The Hall–Kier alpha value is -2.13. The fourth-order valence-electron chi connectivity index (χ4n) is 2.30. The summed E-state index contributed by atoms with van der Waals surface area (Å²) in [5.74, 6) is 0. The molecule has 3 aromatic rings. The van der Waals surface area contributed by atoms with Gasteiger partial charge in [0.05, 0.1) is 11.3 Å². The molecule has 3 rings (SSSR count). The van der Waals surface area contributed by atoms with Crippen molar-refractivity contribution in [2.45, 2.75) is 13.3 Å². The summed E-state index contributed by atoms with van der Waals surface area (Å²) in [7, 11) is 0. The van der Waals surface area contributed by atoms with Crippen LogP contribution in [0.25, 0.3) is 16.8 Å². The molecule has 1 aromatic carbocycles. The monoisotopic (exact) mass is 284 g/mol. The van der Waals surface area contributed by atoms with Crippen LogP contribution in [0, 0.1) is 0 Å². The molecule has 4 heteroatoms. The van der Waals surface area contributed by atoms with Crippen molar-refractivity contribution in [3.8, 4) is 11.1 Å². The lowest BCUT2D eigenvalue weighted by Gasteiger charge is -2.09. The average Bonchev–Trinajstić information content (AvgIpc) is 2.48. The predicted octanol–water partition coefficient (Wildman–Crippen LogP) is 3.58. The predicted molar refractivity (Wildman–Crippen MR) is 81.3 cm³/mol. The summed E-state index contributed by atoms with van der Waals surface area (Å²) in [6, 6.07) is 12.8. The van der Waals surface area contributed by atoms with Gasteiger partial charge in [-0.15, -0.1) is 0 Å². The zero-order valence-corrected chi connectivity index (χ0v) is 11.8. The third kappa shape index (κ3) is 2.10. The quantitative estimate of drug-likeness (QED) is 0.721. The summed E-state index contributed by atoms with van der Waals surface area (Å²) in [6.07, 6.45) is 2.45. The molecule has 0 bridgehead atoms. The second kappa shape index (κ2) is 5.10. The molecule has 0 saturated heterocycles. The van der Waals surface area contributed by atoms with Gasteiger partial charge < -0.3 is 0 Å². The summed E-state index contributed by atoms with van der Waals surface area (Å²) < 4.78 is 1.57. The second-order valence-electron chi connectivity index (χ2n) is 4.53. The lowest BCUT2D eigenvalue weighted by Crippen LogP contribution is -2.19. The van der Waals surface area contributed by atoms with Crippen LogP contribution >= 0.6 is 11.6 Å². The van der Waals surface area contributed by atoms with Crippen molar-refractivity contribution in [1.29, 1.82) is 0 Å². The number of aromatic nitrogens is 2. The van der Waals surface area contributed by atoms with E-state index in [0.717, 1.165) is 11.3 Å². The SMILES string of the molecule is CCc1nc2ccccn2c(=O)c1-c1ccc(Cl)cc1. The summed E-state index contributed by atoms with van der Waals surface area (Å²) in [5.41, 5.74) is 2.93. The Bertz CT molecular complexity index is 822. The van der Waals surface area contributed by atoms with Crippen molar-refractivity contribution >= 4 is 17.2 Å². The Balaban J connectivity index is 2.36. The summed E-state index contributed by atoms with van der Waals surface area (Å²) in [5, 5.41) is 0.653. The Morgan fingerprint density at radius 2 is 1.90 bits per heavy atom. The maximum absolute atomic E-state index is 12.7. The van der Waals surface area contributed by atoms with Gasteiger partial charge in [0.2, 0.25) is 0 Å². The van der Waals surface area contributed by atoms with Gasteiger partial charge in [-0.1, -0.05) is 36.7 Å². The van der Waals surface area contributed by atoms with Crippen LogP contribution in [-0.2, 0) is 6.42 Å². The van der Waals surface area contributed by atoms with Crippen molar-refractivity contribution in [2.24, 2.45) is 0 Å². The minimum Gasteiger partial charge on any atom is -0.268 e. The normalized spacial score (nSPS) is 10.9. The fraction of sp³-hybridized carbons (Fsp3) is 0.125. The van der Waals surface area contributed by atoms with Crippen molar-refractivity contribution in [1.82, 2.24) is 9.38 Å². The van der Waals surface area contributed by atoms with Gasteiger partial charge in [-0.3, -0.25) is 9.20 Å². The van der Waals surface area contributed by atoms with Crippen molar-refractivity contribution in [3.63, 3.8) is 0 Å². The third-order valence-corrected chi connectivity index (χ3v) is 3.53. The topological polar surface area (TPSA) is 34.4 Å². The number of pyridine rings is 1. The molecular weight excluding hydrogens is 272 g/mol. The van der Waals surface area contributed by atoms with Gasteiger partial charge in [-0.25, -0.2) is 4.98 Å². The van der Waals surface area contributed by atoms with Crippen LogP contribution in [-0.4, -0.2) is 9.38 Å². The maximum Gasteiger partial charge on any atom is 0.265 e. The molecule has 2 aromatic heterocycles. The number of rotatable bonds is 2. The lowest BCUT2D eigenvalue weighted by molar-refractivity contribution is 0.971. The first-order chi connectivity index (χ1) is 9.70. The first kappa shape index (κ1) is 12.9. The Morgan fingerprint density at radius 3 is 2.60 bits per heavy atom. The fourth-order valence-corrected chi connectivity index (χ4v) is 2.42. The first-order valence-corrected chi connectivity index (χ1v) is 6.84. The van der Waals surface area contributed by atoms with E-state index in [-0.39, 0.29) is 5.56 Å². The second-order valence-corrected chi connectivity index (χ2v) is 4.96. The van der Waals surface area contributed by atoms with E-state index >= 15 is 0 Å². The van der Waals surface area contributed by atoms with Crippen LogP contribution < -0.4 is 5.56 Å². The van der Waals surface area contributed by atoms with Crippen molar-refractivity contribution < 1.29 is 0 Å². The van der Waals surface area contributed by atoms with E-state index in [1.54, 1.807) is 22.7 Å². The standard InChI is InChI=1S/C16H13ClN2O/c1-2-13-15(11-6-8-12(17)9-7-11)16(20)19-10-4-3-5-14(19)18-13/h3-10H,2H2,1H3. The number of aryl methyl sites for hydroxylation is 1. The van der Waals surface area contributed by atoms with Crippen LogP contribution in [0.15, 0.2) is 53.5 Å². The smallest absolute Gasteiger partial charge is 0.265 e. The summed E-state index contributed by atoms with van der Waals surface area (Å²) in [4.78, 5) is 17.3. The minimum atomic E-state index is -0.0465. The Kier molecular flexibility index (Phi) is 3.28. The summed E-state index contributed by atoms with van der Waals surface area (Å²) >= 11 is 5.91. The van der Waals surface area contributed by atoms with Gasteiger partial charge >= 0.3 is 0 Å². The van der Waals surface area contributed by atoms with Gasteiger partial charge in [0.15, 0.2) is 0 Å². The molecule has 0 atom stereocenters. The van der Waals surface area contributed by atoms with Gasteiger partial charge in [-0.05, 0) is 36.2 Å². The summed E-state index contributed by atoms with van der Waals surface area (Å²) in [6.45, 7) is 2.00. The molecule has 0 amide bonds. The lowest BCUT2D eigenvalue weighted by atomic mass is 10.0. The molecule has 0 spiro atoms. The third-order valence-electron chi connectivity index (χ3n) is 3.28. The van der Waals surface area contributed by atoms with Crippen LogP contribution in [0.1, 0.15) is 12.6 Å². The molecule has 2 heterocycles. The molecular formula is C16H13ClN2O. The van der Waals surface area contributed by atoms with Gasteiger partial charge in [0, 0.05) is 11.2 Å². The molecule has 0 aliphatic carbocycles. The molecule has 20 heavy (non-hydrogen) atoms. The van der Waals surface area contributed by atoms with E-state index in [1.165, 1.54) is 0 Å². The Morgan fingerprint density at radius 1 is 1.15 bits per heavy atom. The highest BCUT2D eigenvalue weighted by Gasteiger charge is 2.13. The number of hydrogen-bond acceptors (Lipinski definition) is 2. The van der Waals surface area contributed by atoms with Crippen molar-refractivity contribution in [2.75, 3.05) is 0 Å². The number of benzene rings is 1. The molecule has 100 valence electrons. The van der Waals surface area contributed by atoms with Crippen LogP contribution in [0.3, 0.4) is 0 Å². The van der Waals surface area contributed by atoms with E-state index in [1.807, 2.05) is 37.3 Å². The number of fused-ring (bicyclic) bond motifs is 1. The molecule has 0 aliphatic heterocycles. The van der Waals surface area contributed by atoms with Crippen LogP contribution in [0.2, 0.25) is 5.02 Å². The zero-order chi connectivity index (χ0) is 14.1. The van der Waals surface area contributed by atoms with E-state index in [0.29, 0.717) is 22.7 Å². The van der Waals surface area contributed by atoms with E-state index in [2.05, 4.69) is 4.98 Å². The highest BCUT2D eigenvalue weighted by molar-refractivity contribution is 6.30. The molecule has 0 aliphatic rings. The zero-order valence-electron chi connectivity index (χ0n) is 11.0. The number of hydrogen-bond donors (Lipinski definition) is 0. The number of nitrogens with zero attached hydrogens (tertiary/aromatic N) is 2. The largest absolute Gasteiger partial charge is 0.268 e. The van der Waals surface area contributed by atoms with Gasteiger partial charge in [-0.2, -0.15) is 0 Å². The molecule has 0 unspecified atom stereocenters. The average molecular weight is 285 g/mol. The molecule has 0 N–H and O–H groups in total. The van der Waals surface area contributed by atoms with Gasteiger partial charge in [0.25, 0.3) is 5.56 Å². The maximum atomic E-state index is 12.7. The molecule has 0 saturated carbocycles. The van der Waals surface area contributed by atoms with Crippen LogP contribution in [0.4, 0.5) is 0 Å². The highest BCUT2D eigenvalue weighted by atomic mass is 35.5. The molecule has 0 radical (unpaired) electrons. The molecule has 3 nitrogen and oxygen atoms in total. The number of halogens is 1. The minimum absolute atomic E-state index is 0.0465. The van der Waals surface area contributed by atoms with Crippen molar-refractivity contribution in [3.05, 3.63) is 69.7 Å². The Labute approximate surface area is 121 Å². The molecule has 0 fully saturated rings. The highest BCUT2D eigenvalue weighted by Crippen LogP contribution is 2.22. The van der Waals surface area contributed by atoms with E-state index in [9.17, 15) is 4.79 Å². The van der Waals surface area contributed by atoms with E-state index in [4.69, 9.17) is 11.6 Å². The van der Waals surface area contributed by atoms with E-state index < -0.39 is 0 Å².